The molecular weight excluding hydrogens is 324 g/mol. The van der Waals surface area contributed by atoms with Crippen LogP contribution in [-0.4, -0.2) is 39.8 Å². The molecular formula is C18H20N2O5. The molecule has 2 aromatic rings. The maximum absolute atomic E-state index is 12.1. The fourth-order valence-electron chi connectivity index (χ4n) is 2.20. The number of para-hydroxylation sites is 1. The highest BCUT2D eigenvalue weighted by Gasteiger charge is 2.13. The first-order valence-corrected chi connectivity index (χ1v) is 7.52. The van der Waals surface area contributed by atoms with Gasteiger partial charge in [-0.25, -0.2) is 4.79 Å². The molecule has 0 spiro atoms. The molecule has 0 atom stereocenters. The van der Waals surface area contributed by atoms with Crippen molar-refractivity contribution in [3.05, 3.63) is 48.0 Å². The Kier molecular flexibility index (Phi) is 6.22. The topological polar surface area (TPSA) is 85.9 Å². The van der Waals surface area contributed by atoms with E-state index in [0.717, 1.165) is 0 Å². The zero-order valence-corrected chi connectivity index (χ0v) is 14.3. The summed E-state index contributed by atoms with van der Waals surface area (Å²) in [5.74, 6) is 0.350. The van der Waals surface area contributed by atoms with Crippen molar-refractivity contribution in [1.82, 2.24) is 0 Å². The largest absolute Gasteiger partial charge is 0.493 e. The molecule has 7 nitrogen and oxygen atoms in total. The van der Waals surface area contributed by atoms with Crippen molar-refractivity contribution in [2.75, 3.05) is 38.5 Å². The first kappa shape index (κ1) is 18.1. The number of carbonyl (C=O) groups is 2. The van der Waals surface area contributed by atoms with E-state index >= 15 is 0 Å². The Balaban J connectivity index is 2.01. The van der Waals surface area contributed by atoms with Crippen molar-refractivity contribution < 1.29 is 23.8 Å². The van der Waals surface area contributed by atoms with Crippen LogP contribution in [0.4, 0.5) is 11.4 Å². The molecule has 0 aliphatic rings. The molecule has 25 heavy (non-hydrogen) atoms. The third-order valence-corrected chi connectivity index (χ3v) is 3.44. The second kappa shape index (κ2) is 8.58. The fraction of sp³-hybridized carbons (Fsp3) is 0.222. The first-order chi connectivity index (χ1) is 12.1. The molecule has 0 bridgehead atoms. The van der Waals surface area contributed by atoms with Gasteiger partial charge in [-0.05, 0) is 24.3 Å². The van der Waals surface area contributed by atoms with Gasteiger partial charge in [0.25, 0.3) is 0 Å². The van der Waals surface area contributed by atoms with Crippen LogP contribution < -0.4 is 20.1 Å². The van der Waals surface area contributed by atoms with Gasteiger partial charge in [0.1, 0.15) is 0 Å². The maximum atomic E-state index is 12.1. The Morgan fingerprint density at radius 1 is 0.960 bits per heavy atom. The van der Waals surface area contributed by atoms with E-state index in [4.69, 9.17) is 14.2 Å². The Hall–Kier alpha value is -3.22. The van der Waals surface area contributed by atoms with E-state index in [-0.39, 0.29) is 12.5 Å². The highest BCUT2D eigenvalue weighted by Crippen LogP contribution is 2.29. The summed E-state index contributed by atoms with van der Waals surface area (Å²) in [5, 5.41) is 5.68. The number of amides is 1. The summed E-state index contributed by atoms with van der Waals surface area (Å²) in [4.78, 5) is 23.9. The molecule has 0 aliphatic carbocycles. The van der Waals surface area contributed by atoms with Gasteiger partial charge in [0, 0.05) is 11.8 Å². The number of methoxy groups -OCH3 is 3. The van der Waals surface area contributed by atoms with Crippen LogP contribution in [0.1, 0.15) is 10.4 Å². The normalized spacial score (nSPS) is 9.88. The third kappa shape index (κ3) is 4.63. The number of hydrogen-bond donors (Lipinski definition) is 2. The molecule has 0 aliphatic heterocycles. The molecule has 0 aromatic heterocycles. The average Bonchev–Trinajstić information content (AvgIpc) is 2.65. The lowest BCUT2D eigenvalue weighted by atomic mass is 10.2. The van der Waals surface area contributed by atoms with Gasteiger partial charge in [0.2, 0.25) is 5.91 Å². The minimum absolute atomic E-state index is 0.0188. The zero-order valence-electron chi connectivity index (χ0n) is 14.3. The molecule has 7 heteroatoms. The van der Waals surface area contributed by atoms with E-state index in [0.29, 0.717) is 28.4 Å². The van der Waals surface area contributed by atoms with E-state index < -0.39 is 5.97 Å². The monoisotopic (exact) mass is 344 g/mol. The molecule has 0 radical (unpaired) electrons. The Morgan fingerprint density at radius 2 is 1.68 bits per heavy atom. The SMILES string of the molecule is COC(=O)c1ccccc1NC(=O)CNc1ccc(OC)c(OC)c1. The number of carbonyl (C=O) groups excluding carboxylic acids is 2. The molecule has 1 amide bonds. The molecule has 2 rings (SSSR count). The molecule has 2 N–H and O–H groups in total. The first-order valence-electron chi connectivity index (χ1n) is 7.52. The molecule has 2 aromatic carbocycles. The summed E-state index contributed by atoms with van der Waals surface area (Å²) >= 11 is 0. The molecule has 0 heterocycles. The molecule has 0 saturated heterocycles. The van der Waals surface area contributed by atoms with E-state index in [1.807, 2.05) is 0 Å². The number of rotatable bonds is 7. The standard InChI is InChI=1S/C18H20N2O5/c1-23-15-9-8-12(10-16(15)24-2)19-11-17(21)20-14-7-5-4-6-13(14)18(22)25-3/h4-10,19H,11H2,1-3H3,(H,20,21). The summed E-state index contributed by atoms with van der Waals surface area (Å²) < 4.78 is 15.1. The van der Waals surface area contributed by atoms with Crippen LogP contribution >= 0.6 is 0 Å². The highest BCUT2D eigenvalue weighted by atomic mass is 16.5. The van der Waals surface area contributed by atoms with Crippen LogP contribution in [-0.2, 0) is 9.53 Å². The van der Waals surface area contributed by atoms with Crippen molar-refractivity contribution >= 4 is 23.3 Å². The van der Waals surface area contributed by atoms with Gasteiger partial charge in [-0.15, -0.1) is 0 Å². The zero-order chi connectivity index (χ0) is 18.2. The number of hydrogen-bond acceptors (Lipinski definition) is 6. The van der Waals surface area contributed by atoms with Crippen LogP contribution in [0.3, 0.4) is 0 Å². The van der Waals surface area contributed by atoms with Crippen molar-refractivity contribution in [3.8, 4) is 11.5 Å². The quantitative estimate of drug-likeness (QED) is 0.751. The lowest BCUT2D eigenvalue weighted by molar-refractivity contribution is -0.114. The van der Waals surface area contributed by atoms with Gasteiger partial charge in [-0.3, -0.25) is 4.79 Å². The number of nitrogens with one attached hydrogen (secondary N) is 2. The summed E-state index contributed by atoms with van der Waals surface area (Å²) in [7, 11) is 4.38. The van der Waals surface area contributed by atoms with E-state index in [9.17, 15) is 9.59 Å². The number of benzene rings is 2. The van der Waals surface area contributed by atoms with Crippen LogP contribution in [0, 0.1) is 0 Å². The van der Waals surface area contributed by atoms with Crippen LogP contribution in [0.25, 0.3) is 0 Å². The second-order valence-electron chi connectivity index (χ2n) is 5.01. The van der Waals surface area contributed by atoms with Crippen molar-refractivity contribution in [3.63, 3.8) is 0 Å². The minimum Gasteiger partial charge on any atom is -0.493 e. The Morgan fingerprint density at radius 3 is 2.36 bits per heavy atom. The van der Waals surface area contributed by atoms with Gasteiger partial charge < -0.3 is 24.8 Å². The highest BCUT2D eigenvalue weighted by molar-refractivity contribution is 6.02. The lowest BCUT2D eigenvalue weighted by Crippen LogP contribution is -2.23. The van der Waals surface area contributed by atoms with Gasteiger partial charge in [0.15, 0.2) is 11.5 Å². The third-order valence-electron chi connectivity index (χ3n) is 3.44. The van der Waals surface area contributed by atoms with E-state index in [1.165, 1.54) is 14.2 Å². The smallest absolute Gasteiger partial charge is 0.339 e. The molecule has 0 saturated carbocycles. The lowest BCUT2D eigenvalue weighted by Gasteiger charge is -2.12. The number of esters is 1. The van der Waals surface area contributed by atoms with Crippen molar-refractivity contribution in [2.45, 2.75) is 0 Å². The molecule has 132 valence electrons. The Bertz CT molecular complexity index is 761. The molecule has 0 unspecified atom stereocenters. The predicted molar refractivity (Wildman–Crippen MR) is 94.4 cm³/mol. The molecule has 0 fully saturated rings. The van der Waals surface area contributed by atoms with Crippen LogP contribution in [0.15, 0.2) is 42.5 Å². The van der Waals surface area contributed by atoms with Crippen molar-refractivity contribution in [2.24, 2.45) is 0 Å². The van der Waals surface area contributed by atoms with Crippen LogP contribution in [0.5, 0.6) is 11.5 Å². The van der Waals surface area contributed by atoms with Gasteiger partial charge in [0.05, 0.1) is 39.1 Å². The average molecular weight is 344 g/mol. The number of anilines is 2. The van der Waals surface area contributed by atoms with Gasteiger partial charge >= 0.3 is 5.97 Å². The van der Waals surface area contributed by atoms with E-state index in [1.54, 1.807) is 49.6 Å². The minimum atomic E-state index is -0.510. The summed E-state index contributed by atoms with van der Waals surface area (Å²) in [6, 6.07) is 11.9. The van der Waals surface area contributed by atoms with Crippen LogP contribution in [0.2, 0.25) is 0 Å². The fourth-order valence-corrected chi connectivity index (χ4v) is 2.20. The van der Waals surface area contributed by atoms with Gasteiger partial charge in [-0.1, -0.05) is 12.1 Å². The number of ether oxygens (including phenoxy) is 3. The second-order valence-corrected chi connectivity index (χ2v) is 5.01. The van der Waals surface area contributed by atoms with E-state index in [2.05, 4.69) is 10.6 Å². The summed E-state index contributed by atoms with van der Waals surface area (Å²) in [5.41, 5.74) is 1.40. The maximum Gasteiger partial charge on any atom is 0.339 e. The summed E-state index contributed by atoms with van der Waals surface area (Å²) in [6.45, 7) is 0.0188. The summed E-state index contributed by atoms with van der Waals surface area (Å²) in [6.07, 6.45) is 0. The van der Waals surface area contributed by atoms with Gasteiger partial charge in [-0.2, -0.15) is 0 Å². The Labute approximate surface area is 145 Å². The predicted octanol–water partition coefficient (Wildman–Crippen LogP) is 2.54. The van der Waals surface area contributed by atoms with Crippen molar-refractivity contribution in [1.29, 1.82) is 0 Å².